The second-order valence-electron chi connectivity index (χ2n) is 3.16. The van der Waals surface area contributed by atoms with Gasteiger partial charge < -0.3 is 5.11 Å². The lowest BCUT2D eigenvalue weighted by Gasteiger charge is -2.20. The number of hydrogen-bond donors (Lipinski definition) is 2. The van der Waals surface area contributed by atoms with Crippen LogP contribution in [0.3, 0.4) is 0 Å². The Morgan fingerprint density at radius 1 is 1.30 bits per heavy atom. The van der Waals surface area contributed by atoms with Crippen LogP contribution in [0.2, 0.25) is 0 Å². The average Bonchev–Trinajstić information content (AvgIpc) is 1.87. The molecule has 0 aromatic heterocycles. The highest BCUT2D eigenvalue weighted by molar-refractivity contribution is 4.63. The summed E-state index contributed by atoms with van der Waals surface area (Å²) < 4.78 is 0. The van der Waals surface area contributed by atoms with E-state index < -0.39 is 0 Å². The fourth-order valence-corrected chi connectivity index (χ4v) is 0.602. The van der Waals surface area contributed by atoms with E-state index in [-0.39, 0.29) is 6.23 Å². The molecule has 0 aliphatic carbocycles. The third-order valence-electron chi connectivity index (χ3n) is 1.70. The van der Waals surface area contributed by atoms with Crippen LogP contribution in [0.4, 0.5) is 0 Å². The summed E-state index contributed by atoms with van der Waals surface area (Å²) in [5.74, 6) is 0.300. The van der Waals surface area contributed by atoms with Crippen molar-refractivity contribution < 1.29 is 5.11 Å². The Morgan fingerprint density at radius 2 is 1.80 bits per heavy atom. The largest absolute Gasteiger partial charge is 0.378 e. The van der Waals surface area contributed by atoms with Gasteiger partial charge in [-0.3, -0.25) is 5.32 Å². The molecule has 0 fully saturated rings. The van der Waals surface area contributed by atoms with Gasteiger partial charge in [0.15, 0.2) is 0 Å². The molecule has 2 atom stereocenters. The van der Waals surface area contributed by atoms with E-state index in [2.05, 4.69) is 19.2 Å². The molecule has 2 nitrogen and oxygen atoms in total. The molecule has 0 aromatic rings. The lowest BCUT2D eigenvalue weighted by atomic mass is 10.1. The molecule has 0 amide bonds. The van der Waals surface area contributed by atoms with Gasteiger partial charge in [0, 0.05) is 6.04 Å². The molecule has 0 rings (SSSR count). The van der Waals surface area contributed by atoms with Crippen LogP contribution < -0.4 is 5.32 Å². The van der Waals surface area contributed by atoms with Gasteiger partial charge in [-0.15, -0.1) is 0 Å². The van der Waals surface area contributed by atoms with Crippen molar-refractivity contribution in [3.05, 3.63) is 0 Å². The smallest absolute Gasteiger partial charge is 0.107 e. The SMILES string of the molecule is CCC(C)NC(O)C(C)C. The van der Waals surface area contributed by atoms with Crippen LogP contribution in [0.25, 0.3) is 0 Å². The van der Waals surface area contributed by atoms with Crippen LogP contribution in [-0.4, -0.2) is 17.4 Å². The summed E-state index contributed by atoms with van der Waals surface area (Å²) in [5.41, 5.74) is 0. The Balaban J connectivity index is 3.46. The van der Waals surface area contributed by atoms with E-state index in [9.17, 15) is 5.11 Å². The maximum Gasteiger partial charge on any atom is 0.107 e. The number of rotatable bonds is 4. The first kappa shape index (κ1) is 9.92. The van der Waals surface area contributed by atoms with Crippen LogP contribution in [0.5, 0.6) is 0 Å². The minimum atomic E-state index is -0.352. The molecule has 0 aliphatic heterocycles. The summed E-state index contributed by atoms with van der Waals surface area (Å²) in [7, 11) is 0. The van der Waals surface area contributed by atoms with Gasteiger partial charge in [0.05, 0.1) is 0 Å². The zero-order valence-corrected chi connectivity index (χ0v) is 7.39. The molecule has 0 heterocycles. The van der Waals surface area contributed by atoms with Gasteiger partial charge in [0.2, 0.25) is 0 Å². The van der Waals surface area contributed by atoms with Crippen molar-refractivity contribution in [1.29, 1.82) is 0 Å². The minimum Gasteiger partial charge on any atom is -0.378 e. The van der Waals surface area contributed by atoms with Gasteiger partial charge in [-0.2, -0.15) is 0 Å². The van der Waals surface area contributed by atoms with E-state index in [0.717, 1.165) is 6.42 Å². The number of aliphatic hydroxyl groups is 1. The van der Waals surface area contributed by atoms with Crippen LogP contribution >= 0.6 is 0 Å². The first-order valence-electron chi connectivity index (χ1n) is 4.02. The highest BCUT2D eigenvalue weighted by Crippen LogP contribution is 1.99. The van der Waals surface area contributed by atoms with Crippen molar-refractivity contribution in [3.63, 3.8) is 0 Å². The second-order valence-corrected chi connectivity index (χ2v) is 3.16. The van der Waals surface area contributed by atoms with Crippen LogP contribution in [0.15, 0.2) is 0 Å². The lowest BCUT2D eigenvalue weighted by molar-refractivity contribution is 0.0793. The zero-order valence-electron chi connectivity index (χ0n) is 7.39. The summed E-state index contributed by atoms with van der Waals surface area (Å²) in [6.07, 6.45) is 0.707. The zero-order chi connectivity index (χ0) is 8.15. The Labute approximate surface area is 63.6 Å². The second kappa shape index (κ2) is 4.69. The topological polar surface area (TPSA) is 32.3 Å². The number of nitrogens with one attached hydrogen (secondary N) is 1. The highest BCUT2D eigenvalue weighted by Gasteiger charge is 2.09. The van der Waals surface area contributed by atoms with E-state index in [0.29, 0.717) is 12.0 Å². The molecular weight excluding hydrogens is 126 g/mol. The van der Waals surface area contributed by atoms with Crippen LogP contribution in [-0.2, 0) is 0 Å². The van der Waals surface area contributed by atoms with Crippen molar-refractivity contribution >= 4 is 0 Å². The summed E-state index contributed by atoms with van der Waals surface area (Å²) in [6, 6.07) is 0.414. The van der Waals surface area contributed by atoms with Crippen LogP contribution in [0.1, 0.15) is 34.1 Å². The third kappa shape index (κ3) is 3.85. The molecule has 0 aliphatic rings. The normalized spacial score (nSPS) is 17.4. The van der Waals surface area contributed by atoms with Gasteiger partial charge in [-0.05, 0) is 19.3 Å². The molecular formula is C8H19NO. The van der Waals surface area contributed by atoms with Crippen molar-refractivity contribution in [3.8, 4) is 0 Å². The average molecular weight is 145 g/mol. The molecule has 0 saturated carbocycles. The van der Waals surface area contributed by atoms with Gasteiger partial charge in [-0.25, -0.2) is 0 Å². The first-order valence-corrected chi connectivity index (χ1v) is 4.02. The van der Waals surface area contributed by atoms with Gasteiger partial charge in [0.1, 0.15) is 6.23 Å². The van der Waals surface area contributed by atoms with E-state index in [1.165, 1.54) is 0 Å². The molecule has 10 heavy (non-hydrogen) atoms. The third-order valence-corrected chi connectivity index (χ3v) is 1.70. The molecule has 2 heteroatoms. The van der Waals surface area contributed by atoms with Crippen molar-refractivity contribution in [1.82, 2.24) is 5.32 Å². The molecule has 0 radical (unpaired) electrons. The maximum absolute atomic E-state index is 9.32. The van der Waals surface area contributed by atoms with Gasteiger partial charge >= 0.3 is 0 Å². The van der Waals surface area contributed by atoms with E-state index >= 15 is 0 Å². The summed E-state index contributed by atoms with van der Waals surface area (Å²) in [4.78, 5) is 0. The molecule has 62 valence electrons. The standard InChI is InChI=1S/C8H19NO/c1-5-7(4)9-8(10)6(2)3/h6-10H,5H2,1-4H3. The summed E-state index contributed by atoms with van der Waals surface area (Å²) in [6.45, 7) is 8.18. The predicted octanol–water partition coefficient (Wildman–Crippen LogP) is 1.35. The Hall–Kier alpha value is -0.0800. The Kier molecular flexibility index (Phi) is 4.65. The molecule has 0 bridgehead atoms. The van der Waals surface area contributed by atoms with E-state index in [1.807, 2.05) is 13.8 Å². The fourth-order valence-electron chi connectivity index (χ4n) is 0.602. The minimum absolute atomic E-state index is 0.300. The summed E-state index contributed by atoms with van der Waals surface area (Å²) >= 11 is 0. The lowest BCUT2D eigenvalue weighted by Crippen LogP contribution is -2.39. The molecule has 0 saturated heterocycles. The van der Waals surface area contributed by atoms with Crippen molar-refractivity contribution in [2.24, 2.45) is 5.92 Å². The van der Waals surface area contributed by atoms with Crippen molar-refractivity contribution in [2.75, 3.05) is 0 Å². The molecule has 0 aromatic carbocycles. The first-order chi connectivity index (χ1) is 4.57. The fraction of sp³-hybridized carbons (Fsp3) is 1.00. The predicted molar refractivity (Wildman–Crippen MR) is 43.7 cm³/mol. The summed E-state index contributed by atoms with van der Waals surface area (Å²) in [5, 5.41) is 12.4. The molecule has 0 spiro atoms. The number of hydrogen-bond acceptors (Lipinski definition) is 2. The molecule has 2 unspecified atom stereocenters. The Morgan fingerprint density at radius 3 is 2.10 bits per heavy atom. The van der Waals surface area contributed by atoms with Gasteiger partial charge in [-0.1, -0.05) is 20.8 Å². The highest BCUT2D eigenvalue weighted by atomic mass is 16.3. The Bertz CT molecular complexity index is 83.3. The molecule has 2 N–H and O–H groups in total. The van der Waals surface area contributed by atoms with Crippen LogP contribution in [0, 0.1) is 5.92 Å². The van der Waals surface area contributed by atoms with Gasteiger partial charge in [0.25, 0.3) is 0 Å². The number of aliphatic hydroxyl groups excluding tert-OH is 1. The van der Waals surface area contributed by atoms with E-state index in [4.69, 9.17) is 0 Å². The maximum atomic E-state index is 9.32. The monoisotopic (exact) mass is 145 g/mol. The van der Waals surface area contributed by atoms with E-state index in [1.54, 1.807) is 0 Å². The van der Waals surface area contributed by atoms with Crippen molar-refractivity contribution in [2.45, 2.75) is 46.4 Å². The quantitative estimate of drug-likeness (QED) is 0.585.